The lowest BCUT2D eigenvalue weighted by molar-refractivity contribution is 0.0509. The molecule has 2 aromatic rings. The van der Waals surface area contributed by atoms with Crippen LogP contribution in [-0.2, 0) is 6.54 Å². The van der Waals surface area contributed by atoms with Gasteiger partial charge in [0.15, 0.2) is 29.7 Å². The predicted octanol–water partition coefficient (Wildman–Crippen LogP) is 3.46. The molecular formula is C23H31ClN2O6. The number of halogens is 1. The standard InChI is InChI=1S/C23H30N2O6.ClH/c1-24(14-16-7-8-18(27-2)20(11-16)28-3)9-6-10-25-15-31-19-13-22(30-5)21(29-4)12-17(19)23(25)26;/h7-8,11-13H,6,9-10,14-15H2,1-5H3;1H. The van der Waals surface area contributed by atoms with Crippen LogP contribution in [0.3, 0.4) is 0 Å². The first-order valence-electron chi connectivity index (χ1n) is 10.1. The number of amides is 1. The number of carbonyl (C=O) groups is 1. The quantitative estimate of drug-likeness (QED) is 0.531. The molecule has 2 aromatic carbocycles. The second kappa shape index (κ2) is 11.7. The number of hydrogen-bond acceptors (Lipinski definition) is 7. The first kappa shape index (κ1) is 25.4. The van der Waals surface area contributed by atoms with Gasteiger partial charge in [0.1, 0.15) is 5.75 Å². The van der Waals surface area contributed by atoms with Crippen LogP contribution in [0.4, 0.5) is 0 Å². The zero-order valence-corrected chi connectivity index (χ0v) is 20.0. The minimum Gasteiger partial charge on any atom is -0.493 e. The lowest BCUT2D eigenvalue weighted by atomic mass is 10.1. The van der Waals surface area contributed by atoms with Crippen molar-refractivity contribution in [1.82, 2.24) is 9.80 Å². The highest BCUT2D eigenvalue weighted by molar-refractivity contribution is 5.98. The lowest BCUT2D eigenvalue weighted by Crippen LogP contribution is -2.40. The molecule has 0 N–H and O–H groups in total. The number of nitrogens with zero attached hydrogens (tertiary/aromatic N) is 2. The number of rotatable bonds is 10. The lowest BCUT2D eigenvalue weighted by Gasteiger charge is -2.30. The third-order valence-electron chi connectivity index (χ3n) is 5.25. The van der Waals surface area contributed by atoms with Gasteiger partial charge in [-0.3, -0.25) is 4.79 Å². The van der Waals surface area contributed by atoms with Crippen molar-refractivity contribution in [2.75, 3.05) is 55.3 Å². The van der Waals surface area contributed by atoms with Gasteiger partial charge in [-0.25, -0.2) is 0 Å². The zero-order valence-electron chi connectivity index (χ0n) is 19.2. The Kier molecular flexibility index (Phi) is 9.28. The van der Waals surface area contributed by atoms with E-state index in [2.05, 4.69) is 11.9 Å². The van der Waals surface area contributed by atoms with Crippen LogP contribution in [0.5, 0.6) is 28.7 Å². The van der Waals surface area contributed by atoms with E-state index in [1.165, 1.54) is 0 Å². The zero-order chi connectivity index (χ0) is 22.4. The van der Waals surface area contributed by atoms with Gasteiger partial charge in [0, 0.05) is 25.2 Å². The molecule has 8 nitrogen and oxygen atoms in total. The van der Waals surface area contributed by atoms with Crippen LogP contribution in [0.15, 0.2) is 30.3 Å². The first-order chi connectivity index (χ1) is 15.0. The molecule has 0 saturated carbocycles. The molecule has 0 radical (unpaired) electrons. The molecule has 0 unspecified atom stereocenters. The Bertz CT molecular complexity index is 924. The van der Waals surface area contributed by atoms with E-state index in [0.717, 1.165) is 30.8 Å². The van der Waals surface area contributed by atoms with Gasteiger partial charge in [0.2, 0.25) is 0 Å². The summed E-state index contributed by atoms with van der Waals surface area (Å²) in [6.45, 7) is 2.42. The van der Waals surface area contributed by atoms with Crippen molar-refractivity contribution in [2.24, 2.45) is 0 Å². The SMILES string of the molecule is COc1ccc(CN(C)CCCN2COc3cc(OC)c(OC)cc3C2=O)cc1OC.Cl. The molecule has 1 aliphatic heterocycles. The summed E-state index contributed by atoms with van der Waals surface area (Å²) in [7, 11) is 8.41. The summed E-state index contributed by atoms with van der Waals surface area (Å²) in [5.41, 5.74) is 1.62. The van der Waals surface area contributed by atoms with Gasteiger partial charge in [-0.15, -0.1) is 12.4 Å². The highest BCUT2D eigenvalue weighted by atomic mass is 35.5. The molecule has 3 rings (SSSR count). The Labute approximate surface area is 195 Å². The molecule has 1 aliphatic rings. The van der Waals surface area contributed by atoms with Gasteiger partial charge in [0.25, 0.3) is 5.91 Å². The van der Waals surface area contributed by atoms with E-state index in [4.69, 9.17) is 23.7 Å². The van der Waals surface area contributed by atoms with E-state index in [1.807, 2.05) is 18.2 Å². The van der Waals surface area contributed by atoms with Gasteiger partial charge in [-0.1, -0.05) is 6.07 Å². The third kappa shape index (κ3) is 5.69. The normalized spacial score (nSPS) is 12.6. The number of ether oxygens (including phenoxy) is 5. The van der Waals surface area contributed by atoms with Crippen LogP contribution in [0.1, 0.15) is 22.3 Å². The summed E-state index contributed by atoms with van der Waals surface area (Å²) in [6, 6.07) is 9.28. The van der Waals surface area contributed by atoms with Crippen molar-refractivity contribution in [1.29, 1.82) is 0 Å². The topological polar surface area (TPSA) is 69.7 Å². The third-order valence-corrected chi connectivity index (χ3v) is 5.25. The summed E-state index contributed by atoms with van der Waals surface area (Å²) in [6.07, 6.45) is 0.821. The second-order valence-electron chi connectivity index (χ2n) is 7.33. The summed E-state index contributed by atoms with van der Waals surface area (Å²) < 4.78 is 27.0. The van der Waals surface area contributed by atoms with Gasteiger partial charge < -0.3 is 33.5 Å². The first-order valence-corrected chi connectivity index (χ1v) is 10.1. The fraction of sp³-hybridized carbons (Fsp3) is 0.435. The fourth-order valence-electron chi connectivity index (χ4n) is 3.59. The van der Waals surface area contributed by atoms with E-state index in [0.29, 0.717) is 35.1 Å². The average molecular weight is 467 g/mol. The maximum atomic E-state index is 12.9. The summed E-state index contributed by atoms with van der Waals surface area (Å²) in [5.74, 6) is 2.94. The molecule has 32 heavy (non-hydrogen) atoms. The average Bonchev–Trinajstić information content (AvgIpc) is 2.79. The Hall–Kier alpha value is -2.84. The number of methoxy groups -OCH3 is 4. The Morgan fingerprint density at radius 3 is 2.22 bits per heavy atom. The van der Waals surface area contributed by atoms with Crippen molar-refractivity contribution in [2.45, 2.75) is 13.0 Å². The van der Waals surface area contributed by atoms with Gasteiger partial charge in [-0.2, -0.15) is 0 Å². The minimum absolute atomic E-state index is 0. The predicted molar refractivity (Wildman–Crippen MR) is 124 cm³/mol. The van der Waals surface area contributed by atoms with Crippen molar-refractivity contribution in [3.8, 4) is 28.7 Å². The summed E-state index contributed by atoms with van der Waals surface area (Å²) >= 11 is 0. The van der Waals surface area contributed by atoms with E-state index in [1.54, 1.807) is 45.5 Å². The molecule has 1 amide bonds. The molecule has 1 heterocycles. The maximum absolute atomic E-state index is 12.9. The minimum atomic E-state index is -0.0650. The van der Waals surface area contributed by atoms with Crippen LogP contribution in [0, 0.1) is 0 Å². The van der Waals surface area contributed by atoms with E-state index in [9.17, 15) is 4.79 Å². The van der Waals surface area contributed by atoms with Crippen LogP contribution in [-0.4, -0.2) is 71.0 Å². The smallest absolute Gasteiger partial charge is 0.260 e. The molecule has 0 bridgehead atoms. The number of hydrogen-bond donors (Lipinski definition) is 0. The highest BCUT2D eigenvalue weighted by Gasteiger charge is 2.27. The largest absolute Gasteiger partial charge is 0.493 e. The molecule has 0 aliphatic carbocycles. The summed E-state index contributed by atoms with van der Waals surface area (Å²) in [4.78, 5) is 16.8. The number of benzene rings is 2. The Morgan fingerprint density at radius 1 is 0.938 bits per heavy atom. The molecule has 0 atom stereocenters. The van der Waals surface area contributed by atoms with E-state index < -0.39 is 0 Å². The number of carbonyl (C=O) groups excluding carboxylic acids is 1. The van der Waals surface area contributed by atoms with Crippen molar-refractivity contribution >= 4 is 18.3 Å². The van der Waals surface area contributed by atoms with E-state index >= 15 is 0 Å². The van der Waals surface area contributed by atoms with Crippen molar-refractivity contribution in [3.63, 3.8) is 0 Å². The molecular weight excluding hydrogens is 436 g/mol. The number of fused-ring (bicyclic) bond motifs is 1. The van der Waals surface area contributed by atoms with Crippen molar-refractivity contribution < 1.29 is 28.5 Å². The highest BCUT2D eigenvalue weighted by Crippen LogP contribution is 2.37. The van der Waals surface area contributed by atoms with E-state index in [-0.39, 0.29) is 25.0 Å². The second-order valence-corrected chi connectivity index (χ2v) is 7.33. The molecule has 176 valence electrons. The van der Waals surface area contributed by atoms with Crippen LogP contribution < -0.4 is 23.7 Å². The summed E-state index contributed by atoms with van der Waals surface area (Å²) in [5, 5.41) is 0. The monoisotopic (exact) mass is 466 g/mol. The van der Waals surface area contributed by atoms with Crippen LogP contribution >= 0.6 is 12.4 Å². The molecule has 0 fully saturated rings. The Balaban J connectivity index is 0.00000363. The van der Waals surface area contributed by atoms with Crippen LogP contribution in [0.2, 0.25) is 0 Å². The Morgan fingerprint density at radius 2 is 1.56 bits per heavy atom. The molecule has 0 saturated heterocycles. The van der Waals surface area contributed by atoms with Crippen LogP contribution in [0.25, 0.3) is 0 Å². The molecule has 0 aromatic heterocycles. The molecule has 0 spiro atoms. The van der Waals surface area contributed by atoms with Gasteiger partial charge in [0.05, 0.1) is 34.0 Å². The van der Waals surface area contributed by atoms with Gasteiger partial charge >= 0.3 is 0 Å². The molecule has 9 heteroatoms. The fourth-order valence-corrected chi connectivity index (χ4v) is 3.59. The van der Waals surface area contributed by atoms with Gasteiger partial charge in [-0.05, 0) is 37.7 Å². The maximum Gasteiger partial charge on any atom is 0.260 e. The van der Waals surface area contributed by atoms with Crippen molar-refractivity contribution in [3.05, 3.63) is 41.5 Å².